The molecular formula is C104H140I3N16O12+. The fraction of sp³-hybridized carbons (Fsp3) is 0.385. The lowest BCUT2D eigenvalue weighted by Crippen LogP contribution is -3.00. The summed E-state index contributed by atoms with van der Waals surface area (Å²) in [5.41, 5.74) is 35.9. The number of anilines is 4. The summed E-state index contributed by atoms with van der Waals surface area (Å²) in [6.07, 6.45) is 38.2. The number of hydrogen-bond donors (Lipinski definition) is 16. The van der Waals surface area contributed by atoms with Crippen LogP contribution in [0.3, 0.4) is 0 Å². The van der Waals surface area contributed by atoms with Gasteiger partial charge in [-0.05, 0) is 157 Å². The summed E-state index contributed by atoms with van der Waals surface area (Å²) in [6.45, 7) is 13.8. The van der Waals surface area contributed by atoms with Crippen molar-refractivity contribution in [3.05, 3.63) is 311 Å². The molecule has 728 valence electrons. The molecule has 0 fully saturated rings. The summed E-state index contributed by atoms with van der Waals surface area (Å²) in [4.78, 5) is 95.3. The number of carbonyl (C=O) groups excluding carboxylic acids is 8. The van der Waals surface area contributed by atoms with Gasteiger partial charge in [0.05, 0.1) is 22.7 Å². The quantitative estimate of drug-likeness (QED) is 0.00849. The van der Waals surface area contributed by atoms with Gasteiger partial charge in [-0.3, -0.25) is 81.8 Å². The van der Waals surface area contributed by atoms with E-state index in [-0.39, 0.29) is 136 Å². The lowest BCUT2D eigenvalue weighted by atomic mass is 9.86. The SMILES string of the molecule is CCCCCCC[n+]1ccc(C(Cc2ccccc2NNC(=O)C(=O)NCCCO)c2ccccc2)cc1.CCCCC[n+]1ccc(CCc2ccccc2NNC(=O)C(=O)NCCCO)cc1.CCCC[n+]1ccc(C(Cc2ccccc2NNC(=O)C(=O)NCCCO)c2ccccc2)cc1.CCCC[n+]1ccc(CCc2ccccc2NNC(=O)C(=O)NCCCO)cc1.[I-].[I-].[I-]. The molecule has 0 aliphatic rings. The van der Waals surface area contributed by atoms with E-state index in [1.807, 2.05) is 121 Å². The minimum Gasteiger partial charge on any atom is -1.00 e. The maximum atomic E-state index is 12.2. The summed E-state index contributed by atoms with van der Waals surface area (Å²) in [5, 5.41) is 45.0. The van der Waals surface area contributed by atoms with Gasteiger partial charge in [-0.15, -0.1) is 0 Å². The predicted molar refractivity (Wildman–Crippen MR) is 515 cm³/mol. The average molecular weight is 2190 g/mol. The van der Waals surface area contributed by atoms with E-state index in [0.29, 0.717) is 38.5 Å². The highest BCUT2D eigenvalue weighted by molar-refractivity contribution is 6.36. The molecule has 2 atom stereocenters. The molecule has 135 heavy (non-hydrogen) atoms. The molecule has 4 aromatic heterocycles. The van der Waals surface area contributed by atoms with Crippen LogP contribution < -0.4 is 155 Å². The van der Waals surface area contributed by atoms with Crippen molar-refractivity contribution in [2.75, 3.05) is 74.3 Å². The normalized spacial score (nSPS) is 10.8. The third-order valence-electron chi connectivity index (χ3n) is 21.9. The van der Waals surface area contributed by atoms with Crippen LogP contribution in [0.15, 0.2) is 256 Å². The number of rotatable bonds is 50. The Morgan fingerprint density at radius 3 is 0.785 bits per heavy atom. The molecule has 0 radical (unpaired) electrons. The molecule has 31 heteroatoms. The molecule has 10 rings (SSSR count). The van der Waals surface area contributed by atoms with Gasteiger partial charge in [0.1, 0.15) is 26.2 Å². The van der Waals surface area contributed by atoms with E-state index in [1.165, 1.54) is 97.6 Å². The first-order valence-electron chi connectivity index (χ1n) is 46.7. The Morgan fingerprint density at radius 1 is 0.252 bits per heavy atom. The first kappa shape index (κ1) is 116. The summed E-state index contributed by atoms with van der Waals surface area (Å²) in [7, 11) is 0. The van der Waals surface area contributed by atoms with Crippen molar-refractivity contribution in [1.29, 1.82) is 0 Å². The van der Waals surface area contributed by atoms with E-state index in [9.17, 15) is 38.4 Å². The number of carbonyl (C=O) groups is 8. The van der Waals surface area contributed by atoms with Gasteiger partial charge in [0.15, 0.2) is 49.6 Å². The number of benzene rings is 6. The Morgan fingerprint density at radius 2 is 0.489 bits per heavy atom. The predicted octanol–water partition coefficient (Wildman–Crippen LogP) is 1.76. The molecule has 0 aliphatic carbocycles. The second-order valence-electron chi connectivity index (χ2n) is 32.1. The highest BCUT2D eigenvalue weighted by Gasteiger charge is 2.24. The van der Waals surface area contributed by atoms with E-state index < -0.39 is 47.3 Å². The van der Waals surface area contributed by atoms with Gasteiger partial charge < -0.3 is 114 Å². The van der Waals surface area contributed by atoms with E-state index in [0.717, 1.165) is 110 Å². The van der Waals surface area contributed by atoms with Crippen LogP contribution in [0.1, 0.15) is 198 Å². The van der Waals surface area contributed by atoms with Crippen LogP contribution in [0.5, 0.6) is 0 Å². The fourth-order valence-corrected chi connectivity index (χ4v) is 14.2. The number of halogens is 3. The van der Waals surface area contributed by atoms with Crippen LogP contribution in [0.2, 0.25) is 0 Å². The number of aromatic nitrogens is 4. The molecule has 28 nitrogen and oxygen atoms in total. The lowest BCUT2D eigenvalue weighted by Gasteiger charge is -2.20. The zero-order valence-electron chi connectivity index (χ0n) is 78.4. The first-order chi connectivity index (χ1) is 64.5. The van der Waals surface area contributed by atoms with E-state index in [1.54, 1.807) is 0 Å². The van der Waals surface area contributed by atoms with E-state index in [4.69, 9.17) is 20.4 Å². The van der Waals surface area contributed by atoms with Crippen LogP contribution in [0, 0.1) is 0 Å². The molecule has 4 heterocycles. The van der Waals surface area contributed by atoms with Crippen LogP contribution in [0.25, 0.3) is 0 Å². The molecule has 0 saturated carbocycles. The Hall–Kier alpha value is -11.1. The smallest absolute Gasteiger partial charge is 0.327 e. The molecule has 2 unspecified atom stereocenters. The van der Waals surface area contributed by atoms with E-state index >= 15 is 0 Å². The lowest BCUT2D eigenvalue weighted by molar-refractivity contribution is -0.697. The van der Waals surface area contributed by atoms with Crippen molar-refractivity contribution in [3.8, 4) is 0 Å². The molecular weight excluding hydrogens is 2050 g/mol. The summed E-state index contributed by atoms with van der Waals surface area (Å²) < 4.78 is 8.89. The maximum absolute atomic E-state index is 12.2. The standard InChI is InChI=1S/C31H40N4O3.C28H34N4O3.C23H32N4O3.C22H30N4O3.3HI/c1-2-3-4-5-11-20-35-21-17-26(18-22-35)28(25-13-7-6-8-14-25)24-27-15-9-10-16-29(27)33-34-31(38)30(37)32-19-12-23-36;1-2-3-17-32-18-14-23(15-19-32)25(22-10-5-4-6-11-22)21-24-12-7-8-13-26(24)30-31-28(35)27(34)29-16-9-20-33;1-2-3-6-15-27-16-12-19(13-17-27)10-11-20-8-4-5-9-21(20)25-26-23(30)22(29)24-14-7-18-28;1-2-3-14-26-15-11-18(12-16-26)9-10-19-7-4-5-8-20(19)24-25-22(29)21(28)23-13-6-17-27;;;/h6-10,13-18,21-22,28,36H,2-5,11-12,19-20,23-24H2,1H3,(H2-,32,33,34,37,38);4-8,10-15,18-19,25,33H,2-3,9,16-17,20-21H2,1H3,(H2-,29,30,31,34,35);4-5,8-9,12-13,16-17,28H,2-3,6-7,10-11,14-15,18H2,1H3,(H2-,24,25,26,29,30);4-5,7-8,11-12,15-16,27H,2-3,6,9-10,13-14,17H2,1H3,(H2-,23,24,25,28,29);3*1H/p+1. The van der Waals surface area contributed by atoms with Crippen molar-refractivity contribution in [1.82, 2.24) is 43.0 Å². The van der Waals surface area contributed by atoms with Gasteiger partial charge in [0.2, 0.25) is 0 Å². The number of hydrazine groups is 4. The van der Waals surface area contributed by atoms with Gasteiger partial charge in [0, 0.05) is 139 Å². The minimum atomic E-state index is -0.781. The number of hydrogen-bond acceptors (Lipinski definition) is 16. The highest BCUT2D eigenvalue weighted by atomic mass is 127. The molecule has 0 aliphatic heterocycles. The summed E-state index contributed by atoms with van der Waals surface area (Å²) >= 11 is 0. The van der Waals surface area contributed by atoms with Crippen LogP contribution in [0.4, 0.5) is 22.7 Å². The largest absolute Gasteiger partial charge is 1.00 e. The molecule has 8 amide bonds. The first-order valence-corrected chi connectivity index (χ1v) is 46.7. The van der Waals surface area contributed by atoms with Gasteiger partial charge in [-0.1, -0.05) is 200 Å². The monoisotopic (exact) mass is 2190 g/mol. The zero-order chi connectivity index (χ0) is 94.4. The number of pyridine rings is 4. The number of aryl methyl sites for hydroxylation is 8. The van der Waals surface area contributed by atoms with Gasteiger partial charge >= 0.3 is 47.3 Å². The third kappa shape index (κ3) is 45.4. The Balaban J connectivity index is 0.000000376. The zero-order valence-corrected chi connectivity index (χ0v) is 84.9. The Kier molecular flexibility index (Phi) is 60.7. The molecule has 10 aromatic rings. The number of nitrogens with zero attached hydrogens (tertiary/aromatic N) is 4. The van der Waals surface area contributed by atoms with Crippen molar-refractivity contribution in [2.24, 2.45) is 0 Å². The summed E-state index contributed by atoms with van der Waals surface area (Å²) in [5.74, 6) is -5.80. The maximum Gasteiger partial charge on any atom is 0.327 e. The molecule has 0 saturated heterocycles. The van der Waals surface area contributed by atoms with E-state index in [2.05, 4.69) is 245 Å². The van der Waals surface area contributed by atoms with Crippen molar-refractivity contribution < 1.29 is 149 Å². The fourth-order valence-electron chi connectivity index (χ4n) is 14.2. The molecule has 16 N–H and O–H groups in total. The number of aliphatic hydroxyl groups excluding tert-OH is 4. The number of aliphatic hydroxyl groups is 4. The van der Waals surface area contributed by atoms with Crippen LogP contribution in [-0.4, -0.2) is 120 Å². The number of amides is 8. The van der Waals surface area contributed by atoms with Gasteiger partial charge in [-0.25, -0.2) is 18.3 Å². The number of nitrogens with one attached hydrogen (secondary N) is 12. The van der Waals surface area contributed by atoms with Crippen LogP contribution >= 0.6 is 0 Å². The molecule has 0 spiro atoms. The third-order valence-corrected chi connectivity index (χ3v) is 21.9. The minimum absolute atomic E-state index is 0. The van der Waals surface area contributed by atoms with Crippen molar-refractivity contribution >= 4 is 70.0 Å². The highest BCUT2D eigenvalue weighted by Crippen LogP contribution is 2.33. The molecule has 6 aromatic carbocycles. The summed E-state index contributed by atoms with van der Waals surface area (Å²) in [6, 6.07) is 69.1. The van der Waals surface area contributed by atoms with Gasteiger partial charge in [0.25, 0.3) is 0 Å². The number of para-hydroxylation sites is 4. The average Bonchev–Trinajstić information content (AvgIpc) is 0.823. The second-order valence-corrected chi connectivity index (χ2v) is 32.1. The van der Waals surface area contributed by atoms with Crippen molar-refractivity contribution in [2.45, 2.75) is 207 Å². The number of unbranched alkanes of at least 4 members (excludes halogenated alkanes) is 8. The van der Waals surface area contributed by atoms with Crippen LogP contribution in [-0.2, 0) is 103 Å². The molecule has 0 bridgehead atoms. The van der Waals surface area contributed by atoms with Gasteiger partial charge in [-0.2, -0.15) is 0 Å². The van der Waals surface area contributed by atoms with Crippen molar-refractivity contribution in [3.63, 3.8) is 0 Å². The second kappa shape index (κ2) is 70.6. The Bertz CT molecular complexity index is 5020. The topological polar surface area (TPSA) is 377 Å². The Labute approximate surface area is 848 Å².